The fraction of sp³-hybridized carbons (Fsp3) is 0.300. The molecular weight excluding hydrogens is 198 g/mol. The molecule has 2 aromatic heterocycles. The van der Waals surface area contributed by atoms with Gasteiger partial charge in [0.1, 0.15) is 5.65 Å². The molecule has 3 nitrogen and oxygen atoms in total. The molecule has 0 radical (unpaired) electrons. The van der Waals surface area contributed by atoms with Gasteiger partial charge in [-0.3, -0.25) is 0 Å². The number of aromatic nitrogens is 2. The van der Waals surface area contributed by atoms with Gasteiger partial charge < -0.3 is 10.1 Å². The predicted molar refractivity (Wildman–Crippen MR) is 57.5 cm³/mol. The largest absolute Gasteiger partial charge is 0.323 e. The number of nitrogens with two attached hydrogens (primary N) is 1. The standard InChI is InChI=1S/C10H12ClN3/c1-6(12)10-7(2)13-9-4-3-8(11)5-14(9)10/h3-6H,12H2,1-2H3. The number of halogens is 1. The second kappa shape index (κ2) is 3.26. The smallest absolute Gasteiger partial charge is 0.137 e. The van der Waals surface area contributed by atoms with Gasteiger partial charge in [-0.2, -0.15) is 0 Å². The Bertz CT molecular complexity index is 473. The highest BCUT2D eigenvalue weighted by molar-refractivity contribution is 6.30. The Morgan fingerprint density at radius 2 is 2.21 bits per heavy atom. The molecule has 0 aromatic carbocycles. The van der Waals surface area contributed by atoms with Crippen molar-refractivity contribution >= 4 is 17.2 Å². The van der Waals surface area contributed by atoms with Crippen LogP contribution in [-0.4, -0.2) is 9.38 Å². The highest BCUT2D eigenvalue weighted by Crippen LogP contribution is 2.19. The molecule has 14 heavy (non-hydrogen) atoms. The third kappa shape index (κ3) is 1.38. The highest BCUT2D eigenvalue weighted by atomic mass is 35.5. The van der Waals surface area contributed by atoms with Crippen molar-refractivity contribution in [2.45, 2.75) is 19.9 Å². The van der Waals surface area contributed by atoms with Crippen molar-refractivity contribution in [2.24, 2.45) is 5.73 Å². The van der Waals surface area contributed by atoms with Crippen LogP contribution in [0.3, 0.4) is 0 Å². The van der Waals surface area contributed by atoms with Gasteiger partial charge in [0.25, 0.3) is 0 Å². The van der Waals surface area contributed by atoms with Crippen molar-refractivity contribution in [1.82, 2.24) is 9.38 Å². The van der Waals surface area contributed by atoms with Gasteiger partial charge in [-0.05, 0) is 26.0 Å². The van der Waals surface area contributed by atoms with Crippen molar-refractivity contribution in [3.8, 4) is 0 Å². The number of fused-ring (bicyclic) bond motifs is 1. The normalized spacial score (nSPS) is 13.4. The third-order valence-corrected chi connectivity index (χ3v) is 2.46. The first-order valence-corrected chi connectivity index (χ1v) is 4.87. The molecule has 2 rings (SSSR count). The van der Waals surface area contributed by atoms with Gasteiger partial charge in [0.05, 0.1) is 16.4 Å². The van der Waals surface area contributed by atoms with E-state index in [4.69, 9.17) is 17.3 Å². The minimum atomic E-state index is -0.0385. The van der Waals surface area contributed by atoms with E-state index in [0.717, 1.165) is 17.0 Å². The van der Waals surface area contributed by atoms with E-state index in [1.807, 2.05) is 36.6 Å². The zero-order chi connectivity index (χ0) is 10.3. The van der Waals surface area contributed by atoms with Gasteiger partial charge in [-0.1, -0.05) is 11.6 Å². The van der Waals surface area contributed by atoms with E-state index in [1.165, 1.54) is 0 Å². The van der Waals surface area contributed by atoms with Crippen LogP contribution in [0, 0.1) is 6.92 Å². The second-order valence-corrected chi connectivity index (χ2v) is 3.88. The molecule has 0 aliphatic heterocycles. The Morgan fingerprint density at radius 3 is 2.86 bits per heavy atom. The topological polar surface area (TPSA) is 43.3 Å². The van der Waals surface area contributed by atoms with E-state index in [1.54, 1.807) is 0 Å². The number of imidazole rings is 1. The molecule has 0 aliphatic rings. The quantitative estimate of drug-likeness (QED) is 0.784. The van der Waals surface area contributed by atoms with Crippen LogP contribution in [-0.2, 0) is 0 Å². The van der Waals surface area contributed by atoms with Gasteiger partial charge in [0, 0.05) is 12.2 Å². The van der Waals surface area contributed by atoms with Gasteiger partial charge in [0.2, 0.25) is 0 Å². The Kier molecular flexibility index (Phi) is 2.21. The van der Waals surface area contributed by atoms with Crippen molar-refractivity contribution < 1.29 is 0 Å². The van der Waals surface area contributed by atoms with Crippen LogP contribution >= 0.6 is 11.6 Å². The molecule has 1 atom stereocenters. The van der Waals surface area contributed by atoms with Crippen molar-refractivity contribution in [3.63, 3.8) is 0 Å². The van der Waals surface area contributed by atoms with Gasteiger partial charge in [0.15, 0.2) is 0 Å². The van der Waals surface area contributed by atoms with Crippen molar-refractivity contribution in [3.05, 3.63) is 34.7 Å². The Balaban J connectivity index is 2.79. The fourth-order valence-corrected chi connectivity index (χ4v) is 1.86. The van der Waals surface area contributed by atoms with Crippen LogP contribution in [0.25, 0.3) is 5.65 Å². The molecule has 1 unspecified atom stereocenters. The zero-order valence-electron chi connectivity index (χ0n) is 8.16. The van der Waals surface area contributed by atoms with Crippen LogP contribution in [0.5, 0.6) is 0 Å². The van der Waals surface area contributed by atoms with E-state index >= 15 is 0 Å². The molecule has 0 saturated carbocycles. The fourth-order valence-electron chi connectivity index (χ4n) is 1.70. The average Bonchev–Trinajstić information content (AvgIpc) is 2.40. The van der Waals surface area contributed by atoms with Crippen LogP contribution < -0.4 is 5.73 Å². The summed E-state index contributed by atoms with van der Waals surface area (Å²) in [6, 6.07) is 3.68. The first-order chi connectivity index (χ1) is 6.59. The lowest BCUT2D eigenvalue weighted by atomic mass is 10.2. The van der Waals surface area contributed by atoms with Crippen molar-refractivity contribution in [2.75, 3.05) is 0 Å². The molecule has 0 bridgehead atoms. The average molecular weight is 210 g/mol. The van der Waals surface area contributed by atoms with E-state index < -0.39 is 0 Å². The summed E-state index contributed by atoms with van der Waals surface area (Å²) in [5.41, 5.74) is 8.74. The van der Waals surface area contributed by atoms with Crippen LogP contribution in [0.4, 0.5) is 0 Å². The van der Waals surface area contributed by atoms with E-state index in [-0.39, 0.29) is 6.04 Å². The monoisotopic (exact) mass is 209 g/mol. The molecule has 74 valence electrons. The molecule has 0 aliphatic carbocycles. The lowest BCUT2D eigenvalue weighted by Crippen LogP contribution is -2.09. The first kappa shape index (κ1) is 9.49. The Labute approximate surface area is 87.5 Å². The summed E-state index contributed by atoms with van der Waals surface area (Å²) in [6.45, 7) is 3.90. The van der Waals surface area contributed by atoms with Crippen LogP contribution in [0.1, 0.15) is 24.4 Å². The molecule has 0 saturated heterocycles. The summed E-state index contributed by atoms with van der Waals surface area (Å²) in [6.07, 6.45) is 1.84. The molecule has 0 amide bonds. The number of rotatable bonds is 1. The van der Waals surface area contributed by atoms with E-state index in [2.05, 4.69) is 4.98 Å². The minimum Gasteiger partial charge on any atom is -0.323 e. The number of pyridine rings is 1. The van der Waals surface area contributed by atoms with E-state index in [9.17, 15) is 0 Å². The number of aryl methyl sites for hydroxylation is 1. The molecule has 2 aromatic rings. The van der Waals surface area contributed by atoms with E-state index in [0.29, 0.717) is 5.02 Å². The van der Waals surface area contributed by atoms with Gasteiger partial charge in [-0.15, -0.1) is 0 Å². The molecule has 4 heteroatoms. The molecular formula is C10H12ClN3. The van der Waals surface area contributed by atoms with Crippen molar-refractivity contribution in [1.29, 1.82) is 0 Å². The SMILES string of the molecule is Cc1nc2ccc(Cl)cn2c1C(C)N. The number of nitrogens with zero attached hydrogens (tertiary/aromatic N) is 2. The number of hydrogen-bond donors (Lipinski definition) is 1. The minimum absolute atomic E-state index is 0.0385. The lowest BCUT2D eigenvalue weighted by Gasteiger charge is -2.06. The molecule has 0 fully saturated rings. The van der Waals surface area contributed by atoms with Crippen LogP contribution in [0.15, 0.2) is 18.3 Å². The summed E-state index contributed by atoms with van der Waals surface area (Å²) in [7, 11) is 0. The maximum atomic E-state index is 5.92. The Morgan fingerprint density at radius 1 is 1.50 bits per heavy atom. The zero-order valence-corrected chi connectivity index (χ0v) is 8.92. The lowest BCUT2D eigenvalue weighted by molar-refractivity contribution is 0.761. The second-order valence-electron chi connectivity index (χ2n) is 3.45. The molecule has 0 spiro atoms. The maximum absolute atomic E-state index is 5.92. The number of hydrogen-bond acceptors (Lipinski definition) is 2. The summed E-state index contributed by atoms with van der Waals surface area (Å²) in [5, 5.41) is 0.691. The summed E-state index contributed by atoms with van der Waals surface area (Å²) in [5.74, 6) is 0. The maximum Gasteiger partial charge on any atom is 0.137 e. The third-order valence-electron chi connectivity index (χ3n) is 2.23. The predicted octanol–water partition coefficient (Wildman–Crippen LogP) is 2.32. The summed E-state index contributed by atoms with van der Waals surface area (Å²) < 4.78 is 1.95. The Hall–Kier alpha value is -1.06. The van der Waals surface area contributed by atoms with Crippen LogP contribution in [0.2, 0.25) is 5.02 Å². The molecule has 2 heterocycles. The highest BCUT2D eigenvalue weighted by Gasteiger charge is 2.11. The summed E-state index contributed by atoms with van der Waals surface area (Å²) >= 11 is 5.92. The first-order valence-electron chi connectivity index (χ1n) is 4.49. The van der Waals surface area contributed by atoms with Gasteiger partial charge in [-0.25, -0.2) is 4.98 Å². The molecule has 2 N–H and O–H groups in total. The summed E-state index contributed by atoms with van der Waals surface area (Å²) in [4.78, 5) is 4.40. The van der Waals surface area contributed by atoms with Gasteiger partial charge >= 0.3 is 0 Å².